The number of hydrogen-bond donors (Lipinski definition) is 1. The van der Waals surface area contributed by atoms with Gasteiger partial charge in [-0.2, -0.15) is 8.42 Å². The molecule has 0 aliphatic carbocycles. The molecule has 0 amide bonds. The molecule has 1 aromatic rings. The van der Waals surface area contributed by atoms with E-state index in [0.717, 1.165) is 18.4 Å². The second-order valence-electron chi connectivity index (χ2n) is 7.16. The molecule has 0 aliphatic rings. The molecule has 0 fully saturated rings. The third-order valence-electron chi connectivity index (χ3n) is 4.52. The van der Waals surface area contributed by atoms with Gasteiger partial charge in [0.1, 0.15) is 12.4 Å². The predicted octanol–water partition coefficient (Wildman–Crippen LogP) is 5.24. The summed E-state index contributed by atoms with van der Waals surface area (Å²) >= 11 is 0. The maximum absolute atomic E-state index is 10.6. The molecule has 2 atom stereocenters. The van der Waals surface area contributed by atoms with Crippen LogP contribution in [0.4, 0.5) is 0 Å². The summed E-state index contributed by atoms with van der Waals surface area (Å²) in [5, 5.41) is 0. The molecule has 1 N–H and O–H groups in total. The minimum absolute atomic E-state index is 0.0931. The first-order valence-corrected chi connectivity index (χ1v) is 11.9. The van der Waals surface area contributed by atoms with Crippen molar-refractivity contribution in [2.24, 2.45) is 0 Å². The number of para-hydroxylation sites is 1. The van der Waals surface area contributed by atoms with E-state index in [1.54, 1.807) is 13.0 Å². The zero-order valence-electron chi connectivity index (χ0n) is 18.1. The molecule has 172 valence electrons. The summed E-state index contributed by atoms with van der Waals surface area (Å²) in [5.41, 5.74) is 0.967. The molecule has 1 rings (SSSR count). The molecule has 0 saturated carbocycles. The van der Waals surface area contributed by atoms with Crippen LogP contribution in [0.1, 0.15) is 70.5 Å². The molecule has 0 aliphatic heterocycles. The first-order chi connectivity index (χ1) is 14.4. The van der Waals surface area contributed by atoms with Gasteiger partial charge in [0.15, 0.2) is 6.79 Å². The van der Waals surface area contributed by atoms with E-state index in [2.05, 4.69) is 17.7 Å². The van der Waals surface area contributed by atoms with E-state index in [9.17, 15) is 8.42 Å². The van der Waals surface area contributed by atoms with Gasteiger partial charge in [-0.3, -0.25) is 4.55 Å². The van der Waals surface area contributed by atoms with Gasteiger partial charge in [-0.05, 0) is 19.4 Å². The van der Waals surface area contributed by atoms with Crippen molar-refractivity contribution in [2.45, 2.75) is 71.0 Å². The SMILES string of the molecule is C=CCOC(CCCCCCCC)c1ccccc1OCC(C)OCOS(=O)(=O)O. The van der Waals surface area contributed by atoms with Crippen LogP contribution in [-0.4, -0.2) is 39.1 Å². The van der Waals surface area contributed by atoms with Gasteiger partial charge in [-0.15, -0.1) is 6.58 Å². The van der Waals surface area contributed by atoms with Crippen LogP contribution in [0, 0.1) is 0 Å². The zero-order chi connectivity index (χ0) is 22.2. The van der Waals surface area contributed by atoms with Crippen molar-refractivity contribution in [2.75, 3.05) is 20.0 Å². The Bertz CT molecular complexity index is 690. The monoisotopic (exact) mass is 444 g/mol. The Morgan fingerprint density at radius 1 is 1.10 bits per heavy atom. The van der Waals surface area contributed by atoms with Gasteiger partial charge in [0.25, 0.3) is 0 Å². The molecule has 0 radical (unpaired) electrons. The van der Waals surface area contributed by atoms with E-state index in [1.165, 1.54) is 32.1 Å². The Morgan fingerprint density at radius 2 is 1.80 bits per heavy atom. The smallest absolute Gasteiger partial charge is 0.399 e. The van der Waals surface area contributed by atoms with Gasteiger partial charge >= 0.3 is 10.4 Å². The van der Waals surface area contributed by atoms with Gasteiger partial charge in [0.05, 0.1) is 18.8 Å². The molecule has 0 heterocycles. The van der Waals surface area contributed by atoms with Crippen molar-refractivity contribution in [3.8, 4) is 5.75 Å². The summed E-state index contributed by atoms with van der Waals surface area (Å²) < 4.78 is 50.9. The molecular formula is C22H36O7S. The van der Waals surface area contributed by atoms with Gasteiger partial charge in [-0.1, -0.05) is 69.7 Å². The molecular weight excluding hydrogens is 408 g/mol. The quantitative estimate of drug-likeness (QED) is 0.143. The fourth-order valence-corrected chi connectivity index (χ4v) is 3.14. The van der Waals surface area contributed by atoms with Crippen LogP contribution in [0.25, 0.3) is 0 Å². The Kier molecular flexibility index (Phi) is 13.6. The summed E-state index contributed by atoms with van der Waals surface area (Å²) in [4.78, 5) is 0. The molecule has 30 heavy (non-hydrogen) atoms. The van der Waals surface area contributed by atoms with E-state index in [-0.39, 0.29) is 12.7 Å². The van der Waals surface area contributed by atoms with Crippen LogP contribution in [0.5, 0.6) is 5.75 Å². The van der Waals surface area contributed by atoms with E-state index >= 15 is 0 Å². The van der Waals surface area contributed by atoms with E-state index in [0.29, 0.717) is 12.4 Å². The highest BCUT2D eigenvalue weighted by atomic mass is 32.3. The minimum atomic E-state index is -4.52. The van der Waals surface area contributed by atoms with Crippen LogP contribution < -0.4 is 4.74 Å². The number of unbranched alkanes of at least 4 members (excludes halogenated alkanes) is 5. The predicted molar refractivity (Wildman–Crippen MR) is 117 cm³/mol. The summed E-state index contributed by atoms with van der Waals surface area (Å²) in [6, 6.07) is 7.71. The zero-order valence-corrected chi connectivity index (χ0v) is 18.9. The third-order valence-corrected chi connectivity index (χ3v) is 4.92. The largest absolute Gasteiger partial charge is 0.491 e. The second-order valence-corrected chi connectivity index (χ2v) is 8.25. The van der Waals surface area contributed by atoms with Crippen molar-refractivity contribution in [3.63, 3.8) is 0 Å². The summed E-state index contributed by atoms with van der Waals surface area (Å²) in [7, 11) is -4.52. The average Bonchev–Trinajstić information content (AvgIpc) is 2.70. The fourth-order valence-electron chi connectivity index (χ4n) is 2.96. The van der Waals surface area contributed by atoms with Gasteiger partial charge < -0.3 is 14.2 Å². The molecule has 0 bridgehead atoms. The minimum Gasteiger partial charge on any atom is -0.491 e. The third kappa shape index (κ3) is 12.3. The molecule has 0 spiro atoms. The summed E-state index contributed by atoms with van der Waals surface area (Å²) in [6.45, 7) is 7.75. The molecule has 1 aromatic carbocycles. The highest BCUT2D eigenvalue weighted by molar-refractivity contribution is 7.80. The highest BCUT2D eigenvalue weighted by Crippen LogP contribution is 2.32. The van der Waals surface area contributed by atoms with Crippen molar-refractivity contribution < 1.29 is 31.4 Å². The van der Waals surface area contributed by atoms with Gasteiger partial charge in [0.2, 0.25) is 0 Å². The van der Waals surface area contributed by atoms with Crippen LogP contribution in [-0.2, 0) is 24.1 Å². The second kappa shape index (κ2) is 15.4. The lowest BCUT2D eigenvalue weighted by Crippen LogP contribution is -2.21. The topological polar surface area (TPSA) is 91.3 Å². The maximum Gasteiger partial charge on any atom is 0.399 e. The molecule has 0 aromatic heterocycles. The normalized spacial score (nSPS) is 13.7. The first kappa shape index (κ1) is 26.6. The summed E-state index contributed by atoms with van der Waals surface area (Å²) in [6.07, 6.45) is 9.38. The van der Waals surface area contributed by atoms with Crippen molar-refractivity contribution in [1.82, 2.24) is 0 Å². The number of ether oxygens (including phenoxy) is 3. The van der Waals surface area contributed by atoms with E-state index < -0.39 is 23.3 Å². The van der Waals surface area contributed by atoms with E-state index in [1.807, 2.05) is 24.3 Å². The highest BCUT2D eigenvalue weighted by Gasteiger charge is 2.17. The van der Waals surface area contributed by atoms with Crippen molar-refractivity contribution in [3.05, 3.63) is 42.5 Å². The van der Waals surface area contributed by atoms with Crippen LogP contribution >= 0.6 is 0 Å². The van der Waals surface area contributed by atoms with Crippen molar-refractivity contribution in [1.29, 1.82) is 0 Å². The lowest BCUT2D eigenvalue weighted by atomic mass is 10.0. The molecule has 7 nitrogen and oxygen atoms in total. The summed E-state index contributed by atoms with van der Waals surface area (Å²) in [5.74, 6) is 0.698. The van der Waals surface area contributed by atoms with Gasteiger partial charge in [-0.25, -0.2) is 4.18 Å². The van der Waals surface area contributed by atoms with Gasteiger partial charge in [0, 0.05) is 5.56 Å². The Balaban J connectivity index is 2.62. The van der Waals surface area contributed by atoms with Crippen LogP contribution in [0.15, 0.2) is 36.9 Å². The molecule has 0 saturated heterocycles. The maximum atomic E-state index is 10.6. The lowest BCUT2D eigenvalue weighted by Gasteiger charge is -2.22. The lowest BCUT2D eigenvalue weighted by molar-refractivity contribution is -0.0458. The molecule has 2 unspecified atom stereocenters. The Morgan fingerprint density at radius 3 is 2.50 bits per heavy atom. The average molecular weight is 445 g/mol. The standard InChI is InChI=1S/C22H36O7S/c1-4-6-7-8-9-10-14-21(26-16-5-2)20-13-11-12-15-22(20)27-17-19(3)28-18-29-30(23,24)25/h5,11-13,15,19,21H,2,4,6-10,14,16-18H2,1,3H3,(H,23,24,25). The number of hydrogen-bond acceptors (Lipinski definition) is 6. The van der Waals surface area contributed by atoms with Crippen molar-refractivity contribution >= 4 is 10.4 Å². The van der Waals surface area contributed by atoms with E-state index in [4.69, 9.17) is 18.8 Å². The molecule has 8 heteroatoms. The number of rotatable bonds is 18. The number of benzene rings is 1. The van der Waals surface area contributed by atoms with Crippen LogP contribution in [0.3, 0.4) is 0 Å². The first-order valence-electron chi connectivity index (χ1n) is 10.5. The Labute approximate surface area is 181 Å². The fraction of sp³-hybridized carbons (Fsp3) is 0.636. The van der Waals surface area contributed by atoms with Crippen LogP contribution in [0.2, 0.25) is 0 Å². The Hall–Kier alpha value is -1.45.